The molecule has 0 saturated carbocycles. The van der Waals surface area contributed by atoms with Crippen LogP contribution >= 0.6 is 15.9 Å². The van der Waals surface area contributed by atoms with Gasteiger partial charge in [-0.3, -0.25) is 9.89 Å². The van der Waals surface area contributed by atoms with Crippen LogP contribution in [-0.2, 0) is 6.54 Å². The number of aromatic nitrogens is 3. The molecule has 0 radical (unpaired) electrons. The zero-order chi connectivity index (χ0) is 14.0. The van der Waals surface area contributed by atoms with Crippen LogP contribution in [0.15, 0.2) is 22.7 Å². The van der Waals surface area contributed by atoms with Crippen molar-refractivity contribution >= 4 is 21.8 Å². The summed E-state index contributed by atoms with van der Waals surface area (Å²) in [7, 11) is 1.74. The van der Waals surface area contributed by atoms with E-state index in [4.69, 9.17) is 0 Å². The number of H-pyrrole nitrogens is 1. The standard InChI is InChI=1S/C13H15BrN4O/c1-8-10(5-4-6-11(8)14)13(19)18(3)7-12-15-9(2)16-17-12/h4-6H,7H2,1-3H3,(H,15,16,17). The Morgan fingerprint density at radius 1 is 1.42 bits per heavy atom. The smallest absolute Gasteiger partial charge is 0.254 e. The molecule has 6 heteroatoms. The van der Waals surface area contributed by atoms with Crippen molar-refractivity contribution in [1.82, 2.24) is 20.1 Å². The molecule has 0 bridgehead atoms. The SMILES string of the molecule is Cc1nc(CN(C)C(=O)c2cccc(Br)c2C)n[nH]1. The predicted octanol–water partition coefficient (Wildman–Crippen LogP) is 2.46. The van der Waals surface area contributed by atoms with E-state index in [0.717, 1.165) is 15.9 Å². The van der Waals surface area contributed by atoms with E-state index in [1.807, 2.05) is 32.0 Å². The van der Waals surface area contributed by atoms with E-state index in [1.165, 1.54) is 0 Å². The lowest BCUT2D eigenvalue weighted by atomic mass is 10.1. The van der Waals surface area contributed by atoms with Gasteiger partial charge in [-0.2, -0.15) is 5.10 Å². The second kappa shape index (κ2) is 5.52. The summed E-state index contributed by atoms with van der Waals surface area (Å²) in [5.74, 6) is 1.32. The number of aromatic amines is 1. The van der Waals surface area contributed by atoms with Crippen molar-refractivity contribution < 1.29 is 4.79 Å². The molecular weight excluding hydrogens is 308 g/mol. The summed E-state index contributed by atoms with van der Waals surface area (Å²) >= 11 is 3.43. The first kappa shape index (κ1) is 13.7. The molecule has 1 amide bonds. The molecule has 5 nitrogen and oxygen atoms in total. The maximum Gasteiger partial charge on any atom is 0.254 e. The number of nitrogens with zero attached hydrogens (tertiary/aromatic N) is 3. The quantitative estimate of drug-likeness (QED) is 0.944. The van der Waals surface area contributed by atoms with Crippen LogP contribution in [-0.4, -0.2) is 33.0 Å². The Morgan fingerprint density at radius 3 is 2.79 bits per heavy atom. The van der Waals surface area contributed by atoms with Crippen LogP contribution in [0.3, 0.4) is 0 Å². The molecule has 100 valence electrons. The molecule has 0 aliphatic carbocycles. The number of hydrogen-bond donors (Lipinski definition) is 1. The number of carbonyl (C=O) groups excluding carboxylic acids is 1. The van der Waals surface area contributed by atoms with Crippen LogP contribution in [0.5, 0.6) is 0 Å². The maximum absolute atomic E-state index is 12.4. The first-order chi connectivity index (χ1) is 8.99. The summed E-state index contributed by atoms with van der Waals surface area (Å²) in [6, 6.07) is 5.60. The molecule has 0 aliphatic heterocycles. The Balaban J connectivity index is 2.17. The molecule has 1 N–H and O–H groups in total. The molecule has 2 aromatic rings. The molecule has 0 atom stereocenters. The number of rotatable bonds is 3. The molecule has 1 aromatic heterocycles. The van der Waals surface area contributed by atoms with Crippen LogP contribution in [0.4, 0.5) is 0 Å². The Hall–Kier alpha value is -1.69. The van der Waals surface area contributed by atoms with Gasteiger partial charge in [0, 0.05) is 17.1 Å². The number of benzene rings is 1. The number of halogens is 1. The Bertz CT molecular complexity index is 608. The molecule has 2 rings (SSSR count). The molecular formula is C13H15BrN4O. The normalized spacial score (nSPS) is 10.5. The lowest BCUT2D eigenvalue weighted by Gasteiger charge is -2.17. The van der Waals surface area contributed by atoms with Crippen molar-refractivity contribution in [3.05, 3.63) is 45.4 Å². The van der Waals surface area contributed by atoms with Crippen molar-refractivity contribution in [2.75, 3.05) is 7.05 Å². The summed E-state index contributed by atoms with van der Waals surface area (Å²) < 4.78 is 0.931. The minimum absolute atomic E-state index is 0.0405. The van der Waals surface area contributed by atoms with Crippen LogP contribution < -0.4 is 0 Å². The van der Waals surface area contributed by atoms with E-state index in [2.05, 4.69) is 31.1 Å². The van der Waals surface area contributed by atoms with Crippen molar-refractivity contribution in [3.63, 3.8) is 0 Å². The van der Waals surface area contributed by atoms with Gasteiger partial charge in [0.25, 0.3) is 5.91 Å². The fourth-order valence-electron chi connectivity index (χ4n) is 1.79. The molecule has 0 fully saturated rings. The third-order valence-corrected chi connectivity index (χ3v) is 3.73. The summed E-state index contributed by atoms with van der Waals surface area (Å²) in [6.07, 6.45) is 0. The summed E-state index contributed by atoms with van der Waals surface area (Å²) in [6.45, 7) is 4.13. The van der Waals surface area contributed by atoms with Gasteiger partial charge in [0.1, 0.15) is 5.82 Å². The van der Waals surface area contributed by atoms with Crippen molar-refractivity contribution in [2.24, 2.45) is 0 Å². The third kappa shape index (κ3) is 3.01. The van der Waals surface area contributed by atoms with Gasteiger partial charge in [-0.25, -0.2) is 4.98 Å². The summed E-state index contributed by atoms with van der Waals surface area (Å²) in [5.41, 5.74) is 1.62. The number of hydrogen-bond acceptors (Lipinski definition) is 3. The van der Waals surface area contributed by atoms with Gasteiger partial charge in [0.05, 0.1) is 6.54 Å². The zero-order valence-corrected chi connectivity index (χ0v) is 12.7. The molecule has 1 aromatic carbocycles. The Morgan fingerprint density at radius 2 is 2.16 bits per heavy atom. The topological polar surface area (TPSA) is 61.9 Å². The van der Waals surface area contributed by atoms with E-state index < -0.39 is 0 Å². The minimum atomic E-state index is -0.0405. The van der Waals surface area contributed by atoms with Crippen molar-refractivity contribution in [2.45, 2.75) is 20.4 Å². The average molecular weight is 323 g/mol. The van der Waals surface area contributed by atoms with Crippen LogP contribution in [0.2, 0.25) is 0 Å². The number of carbonyl (C=O) groups is 1. The fourth-order valence-corrected chi connectivity index (χ4v) is 2.15. The number of aryl methyl sites for hydroxylation is 1. The highest BCUT2D eigenvalue weighted by molar-refractivity contribution is 9.10. The van der Waals surface area contributed by atoms with Crippen LogP contribution in [0, 0.1) is 13.8 Å². The van der Waals surface area contributed by atoms with E-state index in [9.17, 15) is 4.79 Å². The number of amides is 1. The van der Waals surface area contributed by atoms with Gasteiger partial charge >= 0.3 is 0 Å². The largest absolute Gasteiger partial charge is 0.334 e. The van der Waals surface area contributed by atoms with Gasteiger partial charge in [-0.15, -0.1) is 0 Å². The Labute approximate surface area is 120 Å². The minimum Gasteiger partial charge on any atom is -0.334 e. The fraction of sp³-hybridized carbons (Fsp3) is 0.308. The lowest BCUT2D eigenvalue weighted by molar-refractivity contribution is 0.0781. The van der Waals surface area contributed by atoms with Gasteiger partial charge in [-0.1, -0.05) is 22.0 Å². The molecule has 19 heavy (non-hydrogen) atoms. The molecule has 1 heterocycles. The van der Waals surface area contributed by atoms with Gasteiger partial charge in [0.2, 0.25) is 0 Å². The van der Waals surface area contributed by atoms with Gasteiger partial charge in [-0.05, 0) is 31.5 Å². The van der Waals surface area contributed by atoms with Crippen LogP contribution in [0.1, 0.15) is 27.6 Å². The highest BCUT2D eigenvalue weighted by Crippen LogP contribution is 2.20. The highest BCUT2D eigenvalue weighted by atomic mass is 79.9. The second-order valence-electron chi connectivity index (χ2n) is 4.41. The maximum atomic E-state index is 12.4. The summed E-state index contributed by atoms with van der Waals surface area (Å²) in [4.78, 5) is 18.2. The van der Waals surface area contributed by atoms with E-state index >= 15 is 0 Å². The first-order valence-corrected chi connectivity index (χ1v) is 6.67. The second-order valence-corrected chi connectivity index (χ2v) is 5.26. The molecule has 0 saturated heterocycles. The molecule has 0 unspecified atom stereocenters. The average Bonchev–Trinajstić information content (AvgIpc) is 2.77. The number of nitrogens with one attached hydrogen (secondary N) is 1. The summed E-state index contributed by atoms with van der Waals surface area (Å²) in [5, 5.41) is 6.80. The lowest BCUT2D eigenvalue weighted by Crippen LogP contribution is -2.27. The van der Waals surface area contributed by atoms with Gasteiger partial charge < -0.3 is 4.90 Å². The van der Waals surface area contributed by atoms with E-state index in [1.54, 1.807) is 11.9 Å². The Kier molecular flexibility index (Phi) is 3.99. The van der Waals surface area contributed by atoms with Crippen LogP contribution in [0.25, 0.3) is 0 Å². The zero-order valence-electron chi connectivity index (χ0n) is 11.1. The predicted molar refractivity (Wildman–Crippen MR) is 75.8 cm³/mol. The van der Waals surface area contributed by atoms with Gasteiger partial charge in [0.15, 0.2) is 5.82 Å². The highest BCUT2D eigenvalue weighted by Gasteiger charge is 2.16. The third-order valence-electron chi connectivity index (χ3n) is 2.87. The van der Waals surface area contributed by atoms with Crippen molar-refractivity contribution in [1.29, 1.82) is 0 Å². The first-order valence-electron chi connectivity index (χ1n) is 5.87. The van der Waals surface area contributed by atoms with E-state index in [-0.39, 0.29) is 5.91 Å². The van der Waals surface area contributed by atoms with Crippen molar-refractivity contribution in [3.8, 4) is 0 Å². The van der Waals surface area contributed by atoms with E-state index in [0.29, 0.717) is 17.9 Å². The monoisotopic (exact) mass is 322 g/mol. The molecule has 0 aliphatic rings. The molecule has 0 spiro atoms.